The molecule has 0 saturated heterocycles. The maximum atomic E-state index is 12.3. The molecule has 3 rings (SSSR count). The predicted molar refractivity (Wildman–Crippen MR) is 56.3 cm³/mol. The first kappa shape index (κ1) is 11.7. The molecule has 2 heterocycles. The second-order valence-corrected chi connectivity index (χ2v) is 3.95. The van der Waals surface area contributed by atoms with Gasteiger partial charge in [-0.2, -0.15) is 18.2 Å². The third kappa shape index (κ3) is 1.85. The van der Waals surface area contributed by atoms with E-state index in [1.165, 1.54) is 0 Å². The Morgan fingerprint density at radius 1 is 1.26 bits per heavy atom. The summed E-state index contributed by atoms with van der Waals surface area (Å²) in [5.74, 6) is -2.29. The number of hydrogen-bond acceptors (Lipinski definition) is 4. The molecule has 1 aromatic carbocycles. The molecular weight excluding hydrogens is 263 g/mol. The van der Waals surface area contributed by atoms with Crippen LogP contribution in [-0.2, 0) is 12.7 Å². The van der Waals surface area contributed by atoms with Crippen molar-refractivity contribution in [1.29, 1.82) is 0 Å². The number of amides is 1. The Morgan fingerprint density at radius 2 is 2.00 bits per heavy atom. The lowest BCUT2D eigenvalue weighted by Crippen LogP contribution is -2.24. The van der Waals surface area contributed by atoms with E-state index in [0.717, 1.165) is 4.90 Å². The fourth-order valence-corrected chi connectivity index (χ4v) is 1.86. The molecule has 19 heavy (non-hydrogen) atoms. The minimum atomic E-state index is -4.72. The third-order valence-corrected chi connectivity index (χ3v) is 2.72. The number of carbonyl (C=O) groups is 1. The fourth-order valence-electron chi connectivity index (χ4n) is 1.86. The monoisotopic (exact) mass is 269 g/mol. The van der Waals surface area contributed by atoms with Gasteiger partial charge in [0.05, 0.1) is 6.54 Å². The van der Waals surface area contributed by atoms with Crippen LogP contribution < -0.4 is 4.90 Å². The molecular formula is C11H6F3N3O2. The van der Waals surface area contributed by atoms with Crippen molar-refractivity contribution in [1.82, 2.24) is 10.1 Å². The molecule has 5 nitrogen and oxygen atoms in total. The number of aromatic nitrogens is 2. The Hall–Kier alpha value is -2.38. The van der Waals surface area contributed by atoms with Crippen LogP contribution in [0.1, 0.15) is 21.8 Å². The Kier molecular flexibility index (Phi) is 2.34. The number of benzene rings is 1. The van der Waals surface area contributed by atoms with Crippen molar-refractivity contribution in [3.63, 3.8) is 0 Å². The number of hydrogen-bond donors (Lipinski definition) is 0. The van der Waals surface area contributed by atoms with Crippen LogP contribution in [0.15, 0.2) is 28.8 Å². The molecule has 1 aromatic heterocycles. The first-order chi connectivity index (χ1) is 8.97. The summed E-state index contributed by atoms with van der Waals surface area (Å²) in [6.45, 7) is 0.131. The van der Waals surface area contributed by atoms with Crippen LogP contribution in [0.25, 0.3) is 0 Å². The van der Waals surface area contributed by atoms with E-state index in [1.54, 1.807) is 24.3 Å². The smallest absolute Gasteiger partial charge is 0.327 e. The second-order valence-electron chi connectivity index (χ2n) is 3.95. The molecule has 0 saturated carbocycles. The van der Waals surface area contributed by atoms with Crippen molar-refractivity contribution in [2.45, 2.75) is 12.7 Å². The molecule has 0 bridgehead atoms. The summed E-state index contributed by atoms with van der Waals surface area (Å²) in [5, 5.41) is 3.20. The van der Waals surface area contributed by atoms with E-state index in [9.17, 15) is 18.0 Å². The van der Waals surface area contributed by atoms with Crippen LogP contribution in [0.4, 0.5) is 19.1 Å². The van der Waals surface area contributed by atoms with Gasteiger partial charge in [-0.15, -0.1) is 0 Å². The SMILES string of the molecule is O=C1c2ccccc2CN1c1noc(C(F)(F)F)n1. The highest BCUT2D eigenvalue weighted by Crippen LogP contribution is 2.31. The number of fused-ring (bicyclic) bond motifs is 1. The van der Waals surface area contributed by atoms with Gasteiger partial charge in [0, 0.05) is 5.56 Å². The van der Waals surface area contributed by atoms with Gasteiger partial charge >= 0.3 is 12.1 Å². The van der Waals surface area contributed by atoms with Crippen LogP contribution in [0.2, 0.25) is 0 Å². The zero-order valence-corrected chi connectivity index (χ0v) is 9.31. The molecule has 0 spiro atoms. The Balaban J connectivity index is 1.94. The van der Waals surface area contributed by atoms with Gasteiger partial charge in [-0.05, 0) is 16.8 Å². The first-order valence-electron chi connectivity index (χ1n) is 5.27. The number of halogens is 3. The molecule has 0 radical (unpaired) electrons. The van der Waals surface area contributed by atoms with E-state index in [1.807, 2.05) is 0 Å². The van der Waals surface area contributed by atoms with E-state index < -0.39 is 18.0 Å². The highest BCUT2D eigenvalue weighted by molar-refractivity contribution is 6.09. The van der Waals surface area contributed by atoms with E-state index >= 15 is 0 Å². The van der Waals surface area contributed by atoms with Gasteiger partial charge in [-0.1, -0.05) is 18.2 Å². The van der Waals surface area contributed by atoms with Crippen LogP contribution in [0.3, 0.4) is 0 Å². The summed E-state index contributed by atoms with van der Waals surface area (Å²) in [7, 11) is 0. The van der Waals surface area contributed by atoms with Gasteiger partial charge in [0.15, 0.2) is 0 Å². The molecule has 1 aliphatic heterocycles. The van der Waals surface area contributed by atoms with Crippen LogP contribution in [0, 0.1) is 0 Å². The standard InChI is InChI=1S/C11H6F3N3O2/c12-11(13,14)9-15-10(16-19-9)17-5-6-3-1-2-4-7(6)8(17)18/h1-4H,5H2. The topological polar surface area (TPSA) is 59.2 Å². The minimum Gasteiger partial charge on any atom is -0.327 e. The zero-order chi connectivity index (χ0) is 13.6. The Morgan fingerprint density at radius 3 is 2.63 bits per heavy atom. The van der Waals surface area contributed by atoms with E-state index in [2.05, 4.69) is 14.7 Å². The van der Waals surface area contributed by atoms with Gasteiger partial charge in [-0.25, -0.2) is 0 Å². The minimum absolute atomic E-state index is 0.131. The highest BCUT2D eigenvalue weighted by Gasteiger charge is 2.40. The van der Waals surface area contributed by atoms with Crippen molar-refractivity contribution in [2.75, 3.05) is 4.90 Å². The number of carbonyl (C=O) groups excluding carboxylic acids is 1. The van der Waals surface area contributed by atoms with E-state index in [-0.39, 0.29) is 12.5 Å². The lowest BCUT2D eigenvalue weighted by atomic mass is 10.1. The quantitative estimate of drug-likeness (QED) is 0.796. The highest BCUT2D eigenvalue weighted by atomic mass is 19.4. The Bertz CT molecular complexity index is 651. The number of nitrogens with zero attached hydrogens (tertiary/aromatic N) is 3. The molecule has 0 N–H and O–H groups in total. The van der Waals surface area contributed by atoms with Gasteiger partial charge in [0.2, 0.25) is 0 Å². The summed E-state index contributed by atoms with van der Waals surface area (Å²) in [5.41, 5.74) is 1.15. The molecule has 1 aliphatic rings. The molecule has 0 atom stereocenters. The van der Waals surface area contributed by atoms with Crippen LogP contribution in [-0.4, -0.2) is 16.0 Å². The molecule has 8 heteroatoms. The largest absolute Gasteiger partial charge is 0.471 e. The molecule has 2 aromatic rings. The van der Waals surface area contributed by atoms with Gasteiger partial charge in [-0.3, -0.25) is 9.69 Å². The lowest BCUT2D eigenvalue weighted by Gasteiger charge is -2.08. The van der Waals surface area contributed by atoms with Gasteiger partial charge in [0.25, 0.3) is 11.9 Å². The van der Waals surface area contributed by atoms with E-state index in [0.29, 0.717) is 11.1 Å². The summed E-state index contributed by atoms with van der Waals surface area (Å²) in [4.78, 5) is 16.2. The molecule has 98 valence electrons. The third-order valence-electron chi connectivity index (χ3n) is 2.72. The zero-order valence-electron chi connectivity index (χ0n) is 9.31. The van der Waals surface area contributed by atoms with Crippen molar-refractivity contribution >= 4 is 11.9 Å². The average Bonchev–Trinajstić information content (AvgIpc) is 2.94. The van der Waals surface area contributed by atoms with Crippen molar-refractivity contribution in [2.24, 2.45) is 0 Å². The summed E-state index contributed by atoms with van der Waals surface area (Å²) < 4.78 is 41.2. The summed E-state index contributed by atoms with van der Waals surface area (Å²) >= 11 is 0. The number of rotatable bonds is 1. The second kappa shape index (κ2) is 3.81. The van der Waals surface area contributed by atoms with Crippen LogP contribution >= 0.6 is 0 Å². The van der Waals surface area contributed by atoms with E-state index in [4.69, 9.17) is 0 Å². The van der Waals surface area contributed by atoms with Gasteiger partial charge in [0.1, 0.15) is 0 Å². The Labute approximate surface area is 104 Å². The van der Waals surface area contributed by atoms with Crippen molar-refractivity contribution in [3.8, 4) is 0 Å². The van der Waals surface area contributed by atoms with Crippen LogP contribution in [0.5, 0.6) is 0 Å². The maximum Gasteiger partial charge on any atom is 0.471 e. The number of anilines is 1. The van der Waals surface area contributed by atoms with Crippen molar-refractivity contribution in [3.05, 3.63) is 41.3 Å². The summed E-state index contributed by atoms with van der Waals surface area (Å²) in [6, 6.07) is 6.74. The molecule has 0 unspecified atom stereocenters. The molecule has 0 fully saturated rings. The maximum absolute atomic E-state index is 12.3. The van der Waals surface area contributed by atoms with Crippen molar-refractivity contribution < 1.29 is 22.5 Å². The average molecular weight is 269 g/mol. The molecule has 1 amide bonds. The fraction of sp³-hybridized carbons (Fsp3) is 0.182. The number of alkyl halides is 3. The predicted octanol–water partition coefficient (Wildman–Crippen LogP) is 2.25. The molecule has 0 aliphatic carbocycles. The van der Waals surface area contributed by atoms with Gasteiger partial charge < -0.3 is 4.52 Å². The normalized spacial score (nSPS) is 14.9. The summed E-state index contributed by atoms with van der Waals surface area (Å²) in [6.07, 6.45) is -4.72. The lowest BCUT2D eigenvalue weighted by molar-refractivity contribution is -0.159. The first-order valence-corrected chi connectivity index (χ1v) is 5.27.